The molecule has 20 heavy (non-hydrogen) atoms. The van der Waals surface area contributed by atoms with Crippen LogP contribution in [0.1, 0.15) is 10.4 Å². The lowest BCUT2D eigenvalue weighted by molar-refractivity contribution is -0.137. The smallest absolute Gasteiger partial charge is 0.378 e. The van der Waals surface area contributed by atoms with Crippen LogP contribution in [-0.2, 0) is 12.7 Å². The largest absolute Gasteiger partial charge is 0.417 e. The quantitative estimate of drug-likeness (QED) is 0.754. The number of hydrogen-bond donors (Lipinski definition) is 1. The molecule has 2 aromatic rings. The molecule has 9 heteroatoms. The number of anilines is 1. The Morgan fingerprint density at radius 2 is 1.90 bits per heavy atom. The van der Waals surface area contributed by atoms with Crippen molar-refractivity contribution in [1.29, 1.82) is 0 Å². The average Bonchev–Trinajstić information content (AvgIpc) is 2.73. The van der Waals surface area contributed by atoms with Gasteiger partial charge in [-0.25, -0.2) is 4.98 Å². The van der Waals surface area contributed by atoms with Crippen molar-refractivity contribution >= 4 is 51.8 Å². The summed E-state index contributed by atoms with van der Waals surface area (Å²) in [6.07, 6.45) is -3.01. The summed E-state index contributed by atoms with van der Waals surface area (Å²) in [5, 5.41) is 2.42. The van der Waals surface area contributed by atoms with Gasteiger partial charge in [-0.3, -0.25) is 0 Å². The van der Waals surface area contributed by atoms with Crippen molar-refractivity contribution in [2.45, 2.75) is 12.7 Å². The van der Waals surface area contributed by atoms with Gasteiger partial charge in [0, 0.05) is 11.1 Å². The van der Waals surface area contributed by atoms with Gasteiger partial charge in [0.25, 0.3) is 0 Å². The van der Waals surface area contributed by atoms with Crippen LogP contribution in [0, 0.1) is 0 Å². The molecule has 2 rings (SSSR count). The van der Waals surface area contributed by atoms with E-state index in [0.29, 0.717) is 4.47 Å². The highest BCUT2D eigenvalue weighted by molar-refractivity contribution is 7.15. The molecule has 0 unspecified atom stereocenters. The third-order valence-corrected chi connectivity index (χ3v) is 4.18. The van der Waals surface area contributed by atoms with Gasteiger partial charge >= 0.3 is 6.18 Å². The Kier molecular flexibility index (Phi) is 4.69. The summed E-state index contributed by atoms with van der Waals surface area (Å²) >= 11 is 18.5. The molecule has 1 aromatic heterocycles. The topological polar surface area (TPSA) is 24.9 Å². The minimum absolute atomic E-state index is 0.0349. The van der Waals surface area contributed by atoms with Crippen molar-refractivity contribution in [3.05, 3.63) is 43.3 Å². The van der Waals surface area contributed by atoms with E-state index in [4.69, 9.17) is 34.8 Å². The van der Waals surface area contributed by atoms with Crippen molar-refractivity contribution in [2.75, 3.05) is 5.32 Å². The fraction of sp³-hybridized carbons (Fsp3) is 0.182. The van der Waals surface area contributed by atoms with Gasteiger partial charge in [-0.05, 0) is 12.1 Å². The van der Waals surface area contributed by atoms with Gasteiger partial charge in [-0.2, -0.15) is 13.2 Å². The van der Waals surface area contributed by atoms with Gasteiger partial charge in [0.1, 0.15) is 0 Å². The second kappa shape index (κ2) is 5.97. The summed E-state index contributed by atoms with van der Waals surface area (Å²) in [5.74, 6) is 0. The number of alkyl halides is 3. The van der Waals surface area contributed by atoms with E-state index in [9.17, 15) is 13.2 Å². The Balaban J connectivity index is 2.27. The number of halogens is 6. The van der Waals surface area contributed by atoms with Crippen molar-refractivity contribution in [2.24, 2.45) is 0 Å². The van der Waals surface area contributed by atoms with Crippen LogP contribution in [0.15, 0.2) is 18.3 Å². The first-order chi connectivity index (χ1) is 9.29. The molecule has 0 saturated carbocycles. The lowest BCUT2D eigenvalue weighted by Crippen LogP contribution is -2.08. The highest BCUT2D eigenvalue weighted by atomic mass is 35.5. The summed E-state index contributed by atoms with van der Waals surface area (Å²) in [7, 11) is 0. The number of benzene rings is 1. The maximum atomic E-state index is 12.7. The summed E-state index contributed by atoms with van der Waals surface area (Å²) in [6.45, 7) is 0.227. The molecule has 0 saturated heterocycles. The second-order valence-corrected chi connectivity index (χ2v) is 6.20. The molecular weight excluding hydrogens is 356 g/mol. The number of rotatable bonds is 3. The summed E-state index contributed by atoms with van der Waals surface area (Å²) < 4.78 is 38.6. The Labute approximate surface area is 131 Å². The molecular formula is C11H6Cl3F3N2S. The van der Waals surface area contributed by atoms with Gasteiger partial charge in [-0.15, -0.1) is 11.3 Å². The third-order valence-electron chi connectivity index (χ3n) is 2.36. The second-order valence-electron chi connectivity index (χ2n) is 3.71. The average molecular weight is 362 g/mol. The molecule has 0 fully saturated rings. The Bertz CT molecular complexity index is 628. The van der Waals surface area contributed by atoms with E-state index < -0.39 is 16.8 Å². The first-order valence-corrected chi connectivity index (χ1v) is 7.13. The van der Waals surface area contributed by atoms with Crippen LogP contribution < -0.4 is 5.32 Å². The summed E-state index contributed by atoms with van der Waals surface area (Å²) in [5.41, 5.74) is -0.902. The lowest BCUT2D eigenvalue weighted by Gasteiger charge is -2.15. The molecule has 1 N–H and O–H groups in total. The Hall–Kier alpha value is -0.690. The Morgan fingerprint density at radius 1 is 1.20 bits per heavy atom. The molecule has 1 aromatic carbocycles. The fourth-order valence-electron chi connectivity index (χ4n) is 1.47. The third kappa shape index (κ3) is 3.49. The van der Waals surface area contributed by atoms with Gasteiger partial charge in [0.15, 0.2) is 4.47 Å². The number of nitrogens with one attached hydrogen (secondary N) is 1. The lowest BCUT2D eigenvalue weighted by atomic mass is 10.2. The molecule has 0 aliphatic carbocycles. The summed E-state index contributed by atoms with van der Waals surface area (Å²) in [4.78, 5) is 4.58. The van der Waals surface area contributed by atoms with Crippen LogP contribution in [0.2, 0.25) is 14.5 Å². The van der Waals surface area contributed by atoms with E-state index in [1.807, 2.05) is 0 Å². The maximum Gasteiger partial charge on any atom is 0.417 e. The number of thiazole rings is 1. The van der Waals surface area contributed by atoms with Crippen molar-refractivity contribution < 1.29 is 13.2 Å². The zero-order chi connectivity index (χ0) is 14.9. The molecule has 1 heterocycles. The maximum absolute atomic E-state index is 12.7. The molecule has 0 radical (unpaired) electrons. The van der Waals surface area contributed by atoms with E-state index in [1.54, 1.807) is 0 Å². The first kappa shape index (κ1) is 15.7. The Morgan fingerprint density at radius 3 is 2.45 bits per heavy atom. The zero-order valence-corrected chi connectivity index (χ0v) is 12.6. The predicted molar refractivity (Wildman–Crippen MR) is 75.9 cm³/mol. The minimum Gasteiger partial charge on any atom is -0.378 e. The minimum atomic E-state index is -4.54. The van der Waals surface area contributed by atoms with Crippen molar-refractivity contribution in [3.63, 3.8) is 0 Å². The van der Waals surface area contributed by atoms with Crippen LogP contribution in [0.3, 0.4) is 0 Å². The molecule has 0 bridgehead atoms. The molecule has 0 amide bonds. The van der Waals surface area contributed by atoms with Gasteiger partial charge in [0.2, 0.25) is 0 Å². The highest BCUT2D eigenvalue weighted by Gasteiger charge is 2.34. The molecule has 0 aliphatic heterocycles. The molecule has 108 valence electrons. The van der Waals surface area contributed by atoms with Crippen LogP contribution >= 0.6 is 46.1 Å². The molecule has 2 nitrogen and oxygen atoms in total. The van der Waals surface area contributed by atoms with E-state index in [2.05, 4.69) is 10.3 Å². The van der Waals surface area contributed by atoms with E-state index in [0.717, 1.165) is 17.0 Å². The first-order valence-electron chi connectivity index (χ1n) is 5.18. The number of aromatic nitrogens is 1. The standard InChI is InChI=1S/C11H6Cl3F3N2S/c12-7-2-1-6(11(15,16)17)8(13)9(7)18-3-5-4-19-10(14)20-5/h1-2,4,18H,3H2. The van der Waals surface area contributed by atoms with Crippen molar-refractivity contribution in [1.82, 2.24) is 4.98 Å². The normalized spacial score (nSPS) is 11.7. The van der Waals surface area contributed by atoms with E-state index >= 15 is 0 Å². The van der Waals surface area contributed by atoms with Gasteiger partial charge in [0.05, 0.1) is 27.8 Å². The fourth-order valence-corrected chi connectivity index (χ4v) is 3.00. The van der Waals surface area contributed by atoms with Crippen LogP contribution in [-0.4, -0.2) is 4.98 Å². The molecule has 0 spiro atoms. The summed E-state index contributed by atoms with van der Waals surface area (Å²) in [6, 6.07) is 2.00. The van der Waals surface area contributed by atoms with Crippen molar-refractivity contribution in [3.8, 4) is 0 Å². The number of nitrogens with zero attached hydrogens (tertiary/aromatic N) is 1. The van der Waals surface area contributed by atoms with Gasteiger partial charge < -0.3 is 5.32 Å². The molecule has 0 atom stereocenters. The van der Waals surface area contributed by atoms with Crippen LogP contribution in [0.25, 0.3) is 0 Å². The predicted octanol–water partition coefficient (Wildman–Crippen LogP) is 5.73. The highest BCUT2D eigenvalue weighted by Crippen LogP contribution is 2.41. The SMILES string of the molecule is FC(F)(F)c1ccc(Cl)c(NCc2cnc(Cl)s2)c1Cl. The zero-order valence-electron chi connectivity index (χ0n) is 9.56. The molecule has 0 aliphatic rings. The van der Waals surface area contributed by atoms with E-state index in [1.165, 1.54) is 17.5 Å². The monoisotopic (exact) mass is 360 g/mol. The van der Waals surface area contributed by atoms with Gasteiger partial charge in [-0.1, -0.05) is 34.8 Å². The van der Waals surface area contributed by atoms with Crippen LogP contribution in [0.5, 0.6) is 0 Å². The van der Waals surface area contributed by atoms with E-state index in [-0.39, 0.29) is 17.3 Å². The number of hydrogen-bond acceptors (Lipinski definition) is 3. The van der Waals surface area contributed by atoms with Crippen LogP contribution in [0.4, 0.5) is 18.9 Å².